The van der Waals surface area contributed by atoms with Gasteiger partial charge in [0.15, 0.2) is 5.13 Å². The van der Waals surface area contributed by atoms with Crippen LogP contribution in [0.1, 0.15) is 23.0 Å². The number of carbonyl (C=O) groups is 2. The lowest BCUT2D eigenvalue weighted by Gasteiger charge is -2.18. The molecule has 0 radical (unpaired) electrons. The molecular weight excluding hydrogens is 449 g/mol. The zero-order valence-electron chi connectivity index (χ0n) is 14.7. The fraction of sp³-hybridized carbons (Fsp3) is 0.105. The summed E-state index contributed by atoms with van der Waals surface area (Å²) in [6.07, 6.45) is 0. The average Bonchev–Trinajstić information content (AvgIpc) is 3.11. The fourth-order valence-corrected chi connectivity index (χ4v) is 3.65. The molecule has 1 amide bonds. The van der Waals surface area contributed by atoms with Gasteiger partial charge in [0.05, 0.1) is 16.9 Å². The van der Waals surface area contributed by atoms with Crippen LogP contribution in [-0.2, 0) is 16.1 Å². The van der Waals surface area contributed by atoms with Crippen molar-refractivity contribution in [3.8, 4) is 0 Å². The highest BCUT2D eigenvalue weighted by Crippen LogP contribution is 2.31. The highest BCUT2D eigenvalue weighted by atomic mass is 79.9. The van der Waals surface area contributed by atoms with Crippen LogP contribution in [0.2, 0.25) is 0 Å². The van der Waals surface area contributed by atoms with E-state index in [2.05, 4.69) is 20.9 Å². The number of nitrogens with zero attached hydrogens (tertiary/aromatic N) is 2. The summed E-state index contributed by atoms with van der Waals surface area (Å²) in [6.45, 7) is 1.22. The number of thiazole rings is 1. The van der Waals surface area contributed by atoms with Crippen molar-refractivity contribution < 1.29 is 18.7 Å². The lowest BCUT2D eigenvalue weighted by atomic mass is 10.2. The minimum Gasteiger partial charge on any atom is -0.455 e. The summed E-state index contributed by atoms with van der Waals surface area (Å²) in [6, 6.07) is 10.8. The minimum atomic E-state index is -0.592. The predicted octanol–water partition coefficient (Wildman–Crippen LogP) is 4.67. The van der Waals surface area contributed by atoms with Gasteiger partial charge in [-0.25, -0.2) is 14.2 Å². The van der Waals surface area contributed by atoms with Crippen LogP contribution in [0.15, 0.2) is 52.3 Å². The van der Waals surface area contributed by atoms with Crippen LogP contribution in [0.25, 0.3) is 0 Å². The molecule has 0 atom stereocenters. The maximum atomic E-state index is 14.1. The van der Waals surface area contributed by atoms with Gasteiger partial charge in [0.1, 0.15) is 12.4 Å². The smallest absolute Gasteiger partial charge is 0.340 e. The first-order valence-electron chi connectivity index (χ1n) is 8.08. The largest absolute Gasteiger partial charge is 0.455 e. The van der Waals surface area contributed by atoms with Crippen molar-refractivity contribution in [2.45, 2.75) is 13.5 Å². The first-order chi connectivity index (χ1) is 13.4. The van der Waals surface area contributed by atoms with Gasteiger partial charge in [-0.15, -0.1) is 11.3 Å². The molecular formula is C19H15BrFN3O3S. The van der Waals surface area contributed by atoms with E-state index in [-0.39, 0.29) is 28.9 Å². The van der Waals surface area contributed by atoms with Crippen LogP contribution in [-0.4, -0.2) is 16.9 Å². The molecule has 0 bridgehead atoms. The molecule has 1 aromatic heterocycles. The Bertz CT molecular complexity index is 1040. The van der Waals surface area contributed by atoms with Crippen LogP contribution in [0.5, 0.6) is 0 Å². The van der Waals surface area contributed by atoms with Crippen LogP contribution in [0.3, 0.4) is 0 Å². The van der Waals surface area contributed by atoms with E-state index in [1.807, 2.05) is 0 Å². The Morgan fingerprint density at radius 3 is 2.75 bits per heavy atom. The standard InChI is InChI=1S/C19H15BrFN3O3S/c1-11(25)24(17-5-3-2-4-15(17)21)19-23-13(10-28-19)9-27-18(26)14-8-12(20)6-7-16(14)22/h2-8,10H,9,22H2,1H3. The maximum Gasteiger partial charge on any atom is 0.340 e. The van der Waals surface area contributed by atoms with Crippen LogP contribution < -0.4 is 10.6 Å². The third-order valence-corrected chi connectivity index (χ3v) is 5.09. The second kappa shape index (κ2) is 8.49. The van der Waals surface area contributed by atoms with Crippen molar-refractivity contribution in [2.24, 2.45) is 0 Å². The van der Waals surface area contributed by atoms with Gasteiger partial charge in [-0.1, -0.05) is 28.1 Å². The van der Waals surface area contributed by atoms with Crippen molar-refractivity contribution in [1.82, 2.24) is 4.98 Å². The van der Waals surface area contributed by atoms with E-state index in [0.29, 0.717) is 15.9 Å². The highest BCUT2D eigenvalue weighted by Gasteiger charge is 2.21. The molecule has 2 N–H and O–H groups in total. The molecule has 3 rings (SSSR count). The van der Waals surface area contributed by atoms with Gasteiger partial charge >= 0.3 is 5.97 Å². The van der Waals surface area contributed by atoms with Gasteiger partial charge in [-0.3, -0.25) is 9.69 Å². The van der Waals surface area contributed by atoms with Crippen molar-refractivity contribution in [3.05, 3.63) is 69.4 Å². The second-order valence-corrected chi connectivity index (χ2v) is 7.49. The van der Waals surface area contributed by atoms with E-state index in [0.717, 1.165) is 11.3 Å². The molecule has 28 heavy (non-hydrogen) atoms. The molecule has 144 valence electrons. The number of nitrogens with two attached hydrogens (primary N) is 1. The van der Waals surface area contributed by atoms with E-state index >= 15 is 0 Å². The van der Waals surface area contributed by atoms with Gasteiger partial charge in [0.2, 0.25) is 5.91 Å². The zero-order chi connectivity index (χ0) is 20.3. The Kier molecular flexibility index (Phi) is 6.05. The molecule has 0 aliphatic heterocycles. The SMILES string of the molecule is CC(=O)N(c1nc(COC(=O)c2cc(Br)ccc2N)cs1)c1ccccc1F. The molecule has 0 spiro atoms. The number of carbonyl (C=O) groups excluding carboxylic acids is 2. The number of esters is 1. The van der Waals surface area contributed by atoms with Crippen molar-refractivity contribution in [1.29, 1.82) is 0 Å². The van der Waals surface area contributed by atoms with Gasteiger partial charge in [0.25, 0.3) is 0 Å². The Labute approximate surface area is 172 Å². The second-order valence-electron chi connectivity index (χ2n) is 5.73. The lowest BCUT2D eigenvalue weighted by molar-refractivity contribution is -0.115. The van der Waals surface area contributed by atoms with Crippen LogP contribution in [0, 0.1) is 5.82 Å². The normalized spacial score (nSPS) is 10.5. The van der Waals surface area contributed by atoms with Gasteiger partial charge in [-0.2, -0.15) is 0 Å². The molecule has 0 saturated carbocycles. The summed E-state index contributed by atoms with van der Waals surface area (Å²) >= 11 is 4.43. The summed E-state index contributed by atoms with van der Waals surface area (Å²) < 4.78 is 20.1. The van der Waals surface area contributed by atoms with Crippen molar-refractivity contribution in [2.75, 3.05) is 10.6 Å². The maximum absolute atomic E-state index is 14.1. The van der Waals surface area contributed by atoms with Crippen molar-refractivity contribution >= 4 is 55.6 Å². The summed E-state index contributed by atoms with van der Waals surface area (Å²) in [7, 11) is 0. The molecule has 9 heteroatoms. The van der Waals surface area contributed by atoms with Gasteiger partial charge in [0, 0.05) is 22.5 Å². The number of rotatable bonds is 5. The summed E-state index contributed by atoms with van der Waals surface area (Å²) in [5, 5.41) is 1.93. The third kappa shape index (κ3) is 4.37. The predicted molar refractivity (Wildman–Crippen MR) is 109 cm³/mol. The fourth-order valence-electron chi connectivity index (χ4n) is 2.43. The van der Waals surface area contributed by atoms with E-state index in [9.17, 15) is 14.0 Å². The van der Waals surface area contributed by atoms with Crippen molar-refractivity contribution in [3.63, 3.8) is 0 Å². The van der Waals surface area contributed by atoms with Crippen LogP contribution in [0.4, 0.5) is 20.9 Å². The molecule has 6 nitrogen and oxygen atoms in total. The molecule has 0 aliphatic rings. The Morgan fingerprint density at radius 1 is 1.29 bits per heavy atom. The average molecular weight is 464 g/mol. The van der Waals surface area contributed by atoms with E-state index in [4.69, 9.17) is 10.5 Å². The third-order valence-electron chi connectivity index (χ3n) is 3.73. The molecule has 0 fully saturated rings. The molecule has 0 unspecified atom stereocenters. The minimum absolute atomic E-state index is 0.106. The number of para-hydroxylation sites is 1. The molecule has 1 heterocycles. The number of hydrogen-bond donors (Lipinski definition) is 1. The van der Waals surface area contributed by atoms with Gasteiger partial charge in [-0.05, 0) is 30.3 Å². The quantitative estimate of drug-likeness (QED) is 0.438. The number of halogens is 2. The first-order valence-corrected chi connectivity index (χ1v) is 9.76. The first kappa shape index (κ1) is 20.0. The summed E-state index contributed by atoms with van der Waals surface area (Å²) in [5.41, 5.74) is 6.88. The molecule has 3 aromatic rings. The molecule has 0 saturated heterocycles. The van der Waals surface area contributed by atoms with E-state index in [1.165, 1.54) is 30.0 Å². The summed E-state index contributed by atoms with van der Waals surface area (Å²) in [5.74, 6) is -1.51. The Hall–Kier alpha value is -2.78. The number of hydrogen-bond acceptors (Lipinski definition) is 6. The van der Waals surface area contributed by atoms with Gasteiger partial charge < -0.3 is 10.5 Å². The Balaban J connectivity index is 1.76. The number of ether oxygens (including phenoxy) is 1. The van der Waals surface area contributed by atoms with Crippen LogP contribution >= 0.6 is 27.3 Å². The zero-order valence-corrected chi connectivity index (χ0v) is 17.1. The van der Waals surface area contributed by atoms with E-state index < -0.39 is 11.8 Å². The Morgan fingerprint density at radius 2 is 2.04 bits per heavy atom. The highest BCUT2D eigenvalue weighted by molar-refractivity contribution is 9.10. The number of nitrogen functional groups attached to an aromatic ring is 1. The topological polar surface area (TPSA) is 85.5 Å². The number of anilines is 3. The van der Waals surface area contributed by atoms with E-state index in [1.54, 1.807) is 29.6 Å². The number of aromatic nitrogens is 1. The molecule has 0 aliphatic carbocycles. The molecule has 2 aromatic carbocycles. The lowest BCUT2D eigenvalue weighted by Crippen LogP contribution is -2.23. The number of amides is 1. The number of benzene rings is 2. The summed E-state index contributed by atoms with van der Waals surface area (Å²) in [4.78, 5) is 29.8. The monoisotopic (exact) mass is 463 g/mol.